The van der Waals surface area contributed by atoms with Gasteiger partial charge in [0.15, 0.2) is 5.11 Å². The van der Waals surface area contributed by atoms with Crippen LogP contribution >= 0.6 is 23.6 Å². The van der Waals surface area contributed by atoms with Gasteiger partial charge in [0.25, 0.3) is 5.91 Å². The van der Waals surface area contributed by atoms with Gasteiger partial charge in [0, 0.05) is 25.3 Å². The minimum Gasteiger partial charge on any atom is -0.332 e. The van der Waals surface area contributed by atoms with Gasteiger partial charge in [-0.05, 0) is 47.9 Å². The van der Waals surface area contributed by atoms with Crippen LogP contribution in [-0.2, 0) is 4.79 Å². The van der Waals surface area contributed by atoms with Crippen molar-refractivity contribution in [2.75, 3.05) is 17.3 Å². The number of carbonyl (C=O) groups excluding carboxylic acids is 2. The SMILES string of the molecule is CC(=O)N(C)c1ccc(NC(=S)NC(=O)c2cccs2)cc1. The third kappa shape index (κ3) is 4.12. The van der Waals surface area contributed by atoms with Crippen LogP contribution < -0.4 is 15.5 Å². The average molecular weight is 333 g/mol. The minimum atomic E-state index is -0.236. The lowest BCUT2D eigenvalue weighted by atomic mass is 10.2. The second-order valence-electron chi connectivity index (χ2n) is 4.51. The standard InChI is InChI=1S/C15H15N3O2S2/c1-10(19)18(2)12-7-5-11(6-8-12)16-15(21)17-14(20)13-4-3-9-22-13/h3-9H,1-2H3,(H2,16,17,20,21). The lowest BCUT2D eigenvalue weighted by Crippen LogP contribution is -2.33. The Bertz CT molecular complexity index is 681. The first-order valence-corrected chi connectivity index (χ1v) is 7.76. The van der Waals surface area contributed by atoms with Gasteiger partial charge < -0.3 is 10.2 Å². The van der Waals surface area contributed by atoms with Gasteiger partial charge in [0.1, 0.15) is 0 Å². The van der Waals surface area contributed by atoms with Crippen molar-refractivity contribution in [2.45, 2.75) is 6.92 Å². The zero-order valence-electron chi connectivity index (χ0n) is 12.1. The Hall–Kier alpha value is -2.25. The van der Waals surface area contributed by atoms with Crippen LogP contribution in [0.3, 0.4) is 0 Å². The molecule has 1 aromatic carbocycles. The first-order chi connectivity index (χ1) is 10.5. The molecule has 0 unspecified atom stereocenters. The molecular weight excluding hydrogens is 318 g/mol. The highest BCUT2D eigenvalue weighted by molar-refractivity contribution is 7.80. The zero-order chi connectivity index (χ0) is 16.1. The quantitative estimate of drug-likeness (QED) is 0.848. The fourth-order valence-corrected chi connectivity index (χ4v) is 2.51. The zero-order valence-corrected chi connectivity index (χ0v) is 13.8. The summed E-state index contributed by atoms with van der Waals surface area (Å²) in [7, 11) is 1.71. The summed E-state index contributed by atoms with van der Waals surface area (Å²) in [6.07, 6.45) is 0. The lowest BCUT2D eigenvalue weighted by Gasteiger charge is -2.15. The third-order valence-corrected chi connectivity index (χ3v) is 4.03. The summed E-state index contributed by atoms with van der Waals surface area (Å²) in [5, 5.41) is 7.60. The normalized spacial score (nSPS) is 9.91. The molecule has 0 saturated carbocycles. The molecule has 0 bridgehead atoms. The van der Waals surface area contributed by atoms with Gasteiger partial charge in [-0.2, -0.15) is 0 Å². The number of hydrogen-bond donors (Lipinski definition) is 2. The Kier molecular flexibility index (Phi) is 5.24. The Labute approximate surface area is 137 Å². The molecule has 1 aromatic heterocycles. The van der Waals surface area contributed by atoms with Crippen molar-refractivity contribution in [3.05, 3.63) is 46.7 Å². The van der Waals surface area contributed by atoms with E-state index in [1.165, 1.54) is 18.3 Å². The van der Waals surface area contributed by atoms with Crippen molar-refractivity contribution in [3.63, 3.8) is 0 Å². The fraction of sp³-hybridized carbons (Fsp3) is 0.133. The number of rotatable bonds is 3. The van der Waals surface area contributed by atoms with Crippen molar-refractivity contribution in [3.8, 4) is 0 Å². The molecule has 0 aliphatic rings. The summed E-state index contributed by atoms with van der Waals surface area (Å²) in [5.74, 6) is -0.278. The van der Waals surface area contributed by atoms with Crippen LogP contribution in [0.25, 0.3) is 0 Å². The molecule has 2 amide bonds. The van der Waals surface area contributed by atoms with E-state index in [2.05, 4.69) is 10.6 Å². The van der Waals surface area contributed by atoms with Gasteiger partial charge in [-0.25, -0.2) is 0 Å². The molecule has 0 saturated heterocycles. The number of anilines is 2. The van der Waals surface area contributed by atoms with Crippen molar-refractivity contribution < 1.29 is 9.59 Å². The number of nitrogens with one attached hydrogen (secondary N) is 2. The molecule has 0 aliphatic carbocycles. The second kappa shape index (κ2) is 7.15. The van der Waals surface area contributed by atoms with Crippen LogP contribution in [0.1, 0.15) is 16.6 Å². The van der Waals surface area contributed by atoms with E-state index in [1.807, 2.05) is 5.38 Å². The molecule has 0 atom stereocenters. The van der Waals surface area contributed by atoms with E-state index >= 15 is 0 Å². The van der Waals surface area contributed by atoms with E-state index in [9.17, 15) is 9.59 Å². The molecule has 0 fully saturated rings. The summed E-state index contributed by atoms with van der Waals surface area (Å²) in [6, 6.07) is 10.7. The summed E-state index contributed by atoms with van der Waals surface area (Å²) in [4.78, 5) is 25.3. The number of thiocarbonyl (C=S) groups is 1. The first kappa shape index (κ1) is 16.1. The molecular formula is C15H15N3O2S2. The van der Waals surface area contributed by atoms with Gasteiger partial charge in [-0.1, -0.05) is 6.07 Å². The van der Waals surface area contributed by atoms with E-state index in [-0.39, 0.29) is 16.9 Å². The van der Waals surface area contributed by atoms with Crippen molar-refractivity contribution in [2.24, 2.45) is 0 Å². The van der Waals surface area contributed by atoms with E-state index < -0.39 is 0 Å². The smallest absolute Gasteiger partial charge is 0.267 e. The van der Waals surface area contributed by atoms with Crippen LogP contribution in [-0.4, -0.2) is 24.0 Å². The summed E-state index contributed by atoms with van der Waals surface area (Å²) in [6.45, 7) is 1.50. The Morgan fingerprint density at radius 1 is 1.18 bits per heavy atom. The molecule has 114 valence electrons. The van der Waals surface area contributed by atoms with Crippen molar-refractivity contribution in [1.82, 2.24) is 5.32 Å². The molecule has 22 heavy (non-hydrogen) atoms. The third-order valence-electron chi connectivity index (χ3n) is 2.96. The summed E-state index contributed by atoms with van der Waals surface area (Å²) >= 11 is 6.46. The molecule has 2 rings (SSSR count). The second-order valence-corrected chi connectivity index (χ2v) is 5.87. The maximum absolute atomic E-state index is 11.9. The lowest BCUT2D eigenvalue weighted by molar-refractivity contribution is -0.116. The molecule has 7 heteroatoms. The Balaban J connectivity index is 1.94. The predicted molar refractivity (Wildman–Crippen MR) is 93.5 cm³/mol. The Morgan fingerprint density at radius 3 is 2.41 bits per heavy atom. The summed E-state index contributed by atoms with van der Waals surface area (Å²) in [5.41, 5.74) is 1.52. The van der Waals surface area contributed by atoms with Crippen LogP contribution in [0, 0.1) is 0 Å². The number of nitrogens with zero attached hydrogens (tertiary/aromatic N) is 1. The molecule has 0 aliphatic heterocycles. The number of benzene rings is 1. The average Bonchev–Trinajstić information content (AvgIpc) is 3.01. The van der Waals surface area contributed by atoms with E-state index in [1.54, 1.807) is 48.3 Å². The Morgan fingerprint density at radius 2 is 1.86 bits per heavy atom. The number of thiophene rings is 1. The van der Waals surface area contributed by atoms with E-state index in [4.69, 9.17) is 12.2 Å². The summed E-state index contributed by atoms with van der Waals surface area (Å²) < 4.78 is 0. The van der Waals surface area contributed by atoms with Crippen LogP contribution in [0.15, 0.2) is 41.8 Å². The molecule has 0 spiro atoms. The molecule has 2 aromatic rings. The molecule has 0 radical (unpaired) electrons. The highest BCUT2D eigenvalue weighted by Crippen LogP contribution is 2.17. The maximum Gasteiger partial charge on any atom is 0.267 e. The van der Waals surface area contributed by atoms with E-state index in [0.29, 0.717) is 4.88 Å². The largest absolute Gasteiger partial charge is 0.332 e. The maximum atomic E-state index is 11.9. The van der Waals surface area contributed by atoms with Gasteiger partial charge in [0.2, 0.25) is 5.91 Å². The van der Waals surface area contributed by atoms with Gasteiger partial charge >= 0.3 is 0 Å². The van der Waals surface area contributed by atoms with Crippen LogP contribution in [0.2, 0.25) is 0 Å². The molecule has 5 nitrogen and oxygen atoms in total. The van der Waals surface area contributed by atoms with Gasteiger partial charge in [0.05, 0.1) is 4.88 Å². The highest BCUT2D eigenvalue weighted by Gasteiger charge is 2.09. The minimum absolute atomic E-state index is 0.0422. The fourth-order valence-electron chi connectivity index (χ4n) is 1.68. The van der Waals surface area contributed by atoms with Gasteiger partial charge in [-0.3, -0.25) is 14.9 Å². The molecule has 1 heterocycles. The topological polar surface area (TPSA) is 61.4 Å². The monoisotopic (exact) mass is 333 g/mol. The van der Waals surface area contributed by atoms with Crippen molar-refractivity contribution >= 4 is 51.9 Å². The first-order valence-electron chi connectivity index (χ1n) is 6.47. The predicted octanol–water partition coefficient (Wildman–Crippen LogP) is 2.86. The molecule has 2 N–H and O–H groups in total. The number of carbonyl (C=O) groups is 2. The van der Waals surface area contributed by atoms with E-state index in [0.717, 1.165) is 11.4 Å². The van der Waals surface area contributed by atoms with Crippen molar-refractivity contribution in [1.29, 1.82) is 0 Å². The number of amides is 2. The van der Waals surface area contributed by atoms with Gasteiger partial charge in [-0.15, -0.1) is 11.3 Å². The van der Waals surface area contributed by atoms with Crippen LogP contribution in [0.4, 0.5) is 11.4 Å². The number of hydrogen-bond acceptors (Lipinski definition) is 4. The highest BCUT2D eigenvalue weighted by atomic mass is 32.1. The van der Waals surface area contributed by atoms with Crippen LogP contribution in [0.5, 0.6) is 0 Å².